The molecule has 9 heteroatoms. The van der Waals surface area contributed by atoms with E-state index in [1.54, 1.807) is 6.92 Å². The first-order chi connectivity index (χ1) is 16.0. The van der Waals surface area contributed by atoms with Gasteiger partial charge in [-0.05, 0) is 25.8 Å². The van der Waals surface area contributed by atoms with Gasteiger partial charge in [0, 0.05) is 24.4 Å². The van der Waals surface area contributed by atoms with Crippen LogP contribution in [0.4, 0.5) is 0 Å². The molecular formula is C24H30N4O5. The lowest BCUT2D eigenvalue weighted by atomic mass is 9.94. The van der Waals surface area contributed by atoms with Gasteiger partial charge < -0.3 is 9.84 Å². The summed E-state index contributed by atoms with van der Waals surface area (Å²) in [6.07, 6.45) is 4.97. The van der Waals surface area contributed by atoms with Crippen molar-refractivity contribution in [3.8, 4) is 11.6 Å². The fraction of sp³-hybridized carbons (Fsp3) is 0.500. The minimum Gasteiger partial charge on any atom is -0.494 e. The highest BCUT2D eigenvalue weighted by Gasteiger charge is 2.37. The predicted octanol–water partition coefficient (Wildman–Crippen LogP) is 3.23. The van der Waals surface area contributed by atoms with E-state index in [4.69, 9.17) is 4.74 Å². The number of ether oxygens (including phenoxy) is 1. The third kappa shape index (κ3) is 4.31. The van der Waals surface area contributed by atoms with Crippen LogP contribution in [-0.4, -0.2) is 37.9 Å². The van der Waals surface area contributed by atoms with Crippen molar-refractivity contribution in [2.75, 3.05) is 6.61 Å². The molecule has 0 radical (unpaired) electrons. The van der Waals surface area contributed by atoms with Crippen LogP contribution in [0.25, 0.3) is 0 Å². The van der Waals surface area contributed by atoms with Crippen molar-refractivity contribution in [1.82, 2.24) is 14.6 Å². The first kappa shape index (κ1) is 22.8. The van der Waals surface area contributed by atoms with Gasteiger partial charge in [-0.2, -0.15) is 5.10 Å². The van der Waals surface area contributed by atoms with Crippen LogP contribution < -0.4 is 16.0 Å². The first-order valence-electron chi connectivity index (χ1n) is 11.7. The van der Waals surface area contributed by atoms with Crippen molar-refractivity contribution in [3.05, 3.63) is 56.2 Å². The SMILES string of the molecule is CCOc1ccccc1[C@@H]1CC(c2c(O)n(C3CCCCC3)c(=O)[nH]c2=O)=NN1C(=O)CC. The quantitative estimate of drug-likeness (QED) is 0.695. The summed E-state index contributed by atoms with van der Waals surface area (Å²) in [6, 6.07) is 6.76. The zero-order valence-electron chi connectivity index (χ0n) is 19.0. The molecule has 9 nitrogen and oxygen atoms in total. The molecule has 0 saturated heterocycles. The van der Waals surface area contributed by atoms with E-state index in [9.17, 15) is 19.5 Å². The van der Waals surface area contributed by atoms with E-state index in [-0.39, 0.29) is 41.9 Å². The summed E-state index contributed by atoms with van der Waals surface area (Å²) in [7, 11) is 0. The van der Waals surface area contributed by atoms with Gasteiger partial charge in [0.15, 0.2) is 0 Å². The number of hydrogen-bond donors (Lipinski definition) is 2. The van der Waals surface area contributed by atoms with Crippen LogP contribution in [0.3, 0.4) is 0 Å². The molecule has 2 aromatic rings. The fourth-order valence-corrected chi connectivity index (χ4v) is 4.81. The van der Waals surface area contributed by atoms with Crippen LogP contribution in [0.2, 0.25) is 0 Å². The Morgan fingerprint density at radius 3 is 2.61 bits per heavy atom. The maximum atomic E-state index is 12.8. The standard InChI is InChI=1S/C24H30N4O5/c1-3-20(29)28-18(16-12-8-9-13-19(16)33-4-2)14-17(26-28)21-22(30)25-24(32)27(23(21)31)15-10-6-5-7-11-15/h8-9,12-13,15,18,31H,3-7,10-11,14H2,1-2H3,(H,25,30,32)/t18-/m0/s1. The zero-order chi connectivity index (χ0) is 23.5. The topological polar surface area (TPSA) is 117 Å². The molecule has 0 spiro atoms. The minimum absolute atomic E-state index is 0.0505. The molecule has 1 fully saturated rings. The second kappa shape index (κ2) is 9.64. The summed E-state index contributed by atoms with van der Waals surface area (Å²) in [5.41, 5.74) is -0.323. The molecule has 1 amide bonds. The van der Waals surface area contributed by atoms with Gasteiger partial charge in [0.1, 0.15) is 11.3 Å². The number of nitrogens with one attached hydrogen (secondary N) is 1. The maximum Gasteiger partial charge on any atom is 0.331 e. The second-order valence-electron chi connectivity index (χ2n) is 8.45. The number of hydrazone groups is 1. The second-order valence-corrected chi connectivity index (χ2v) is 8.45. The lowest BCUT2D eigenvalue weighted by Gasteiger charge is -2.25. The van der Waals surface area contributed by atoms with E-state index in [0.717, 1.165) is 37.7 Å². The average Bonchev–Trinajstić information content (AvgIpc) is 3.24. The van der Waals surface area contributed by atoms with Crippen molar-refractivity contribution in [1.29, 1.82) is 0 Å². The highest BCUT2D eigenvalue weighted by molar-refractivity contribution is 6.04. The number of amides is 1. The number of carbonyl (C=O) groups is 1. The zero-order valence-corrected chi connectivity index (χ0v) is 19.0. The summed E-state index contributed by atoms with van der Waals surface area (Å²) < 4.78 is 7.05. The summed E-state index contributed by atoms with van der Waals surface area (Å²) in [4.78, 5) is 40.5. The fourth-order valence-electron chi connectivity index (χ4n) is 4.81. The van der Waals surface area contributed by atoms with E-state index in [2.05, 4.69) is 10.1 Å². The molecule has 2 N–H and O–H groups in total. The van der Waals surface area contributed by atoms with E-state index in [0.29, 0.717) is 12.4 Å². The van der Waals surface area contributed by atoms with E-state index < -0.39 is 17.3 Å². The normalized spacial score (nSPS) is 18.9. The van der Waals surface area contributed by atoms with Gasteiger partial charge in [-0.3, -0.25) is 19.1 Å². The van der Waals surface area contributed by atoms with Crippen LogP contribution >= 0.6 is 0 Å². The molecule has 1 aliphatic carbocycles. The van der Waals surface area contributed by atoms with Crippen molar-refractivity contribution < 1.29 is 14.6 Å². The van der Waals surface area contributed by atoms with Crippen molar-refractivity contribution in [2.45, 2.75) is 70.9 Å². The van der Waals surface area contributed by atoms with Gasteiger partial charge in [0.2, 0.25) is 11.8 Å². The Morgan fingerprint density at radius 2 is 1.91 bits per heavy atom. The molecule has 1 aliphatic heterocycles. The lowest BCUT2D eigenvalue weighted by Crippen LogP contribution is -2.36. The van der Waals surface area contributed by atoms with Crippen LogP contribution in [0.1, 0.15) is 82.0 Å². The predicted molar refractivity (Wildman–Crippen MR) is 124 cm³/mol. The summed E-state index contributed by atoms with van der Waals surface area (Å²) >= 11 is 0. The smallest absolute Gasteiger partial charge is 0.331 e. The molecule has 1 atom stereocenters. The van der Waals surface area contributed by atoms with Crippen molar-refractivity contribution in [3.63, 3.8) is 0 Å². The molecule has 1 saturated carbocycles. The van der Waals surface area contributed by atoms with Gasteiger partial charge in [-0.25, -0.2) is 9.80 Å². The summed E-state index contributed by atoms with van der Waals surface area (Å²) in [5, 5.41) is 16.9. The Hall–Kier alpha value is -3.36. The minimum atomic E-state index is -0.703. The summed E-state index contributed by atoms with van der Waals surface area (Å²) in [5.74, 6) is 0.0514. The Kier molecular flexibility index (Phi) is 6.67. The Balaban J connectivity index is 1.79. The third-order valence-corrected chi connectivity index (χ3v) is 6.39. The number of H-pyrrole nitrogens is 1. The lowest BCUT2D eigenvalue weighted by molar-refractivity contribution is -0.132. The third-order valence-electron chi connectivity index (χ3n) is 6.39. The highest BCUT2D eigenvalue weighted by Crippen LogP contribution is 2.39. The van der Waals surface area contributed by atoms with Crippen LogP contribution in [0.15, 0.2) is 39.0 Å². The number of carbonyl (C=O) groups excluding carboxylic acids is 1. The highest BCUT2D eigenvalue weighted by atomic mass is 16.5. The number of aromatic amines is 1. The molecule has 4 rings (SSSR count). The van der Waals surface area contributed by atoms with Gasteiger partial charge >= 0.3 is 5.69 Å². The number of benzene rings is 1. The number of aromatic nitrogens is 2. The molecule has 0 unspecified atom stereocenters. The maximum absolute atomic E-state index is 12.8. The molecule has 0 bridgehead atoms. The van der Waals surface area contributed by atoms with E-state index >= 15 is 0 Å². The number of hydrogen-bond acceptors (Lipinski definition) is 6. The molecule has 2 aliphatic rings. The van der Waals surface area contributed by atoms with Crippen LogP contribution in [0, 0.1) is 0 Å². The molecule has 1 aromatic heterocycles. The monoisotopic (exact) mass is 454 g/mol. The number of rotatable bonds is 6. The molecule has 2 heterocycles. The summed E-state index contributed by atoms with van der Waals surface area (Å²) in [6.45, 7) is 4.09. The first-order valence-corrected chi connectivity index (χ1v) is 11.7. The molecular weight excluding hydrogens is 424 g/mol. The van der Waals surface area contributed by atoms with Gasteiger partial charge in [0.05, 0.1) is 18.4 Å². The van der Waals surface area contributed by atoms with Gasteiger partial charge in [-0.15, -0.1) is 0 Å². The number of aromatic hydroxyl groups is 1. The Bertz CT molecular complexity index is 1180. The molecule has 176 valence electrons. The molecule has 33 heavy (non-hydrogen) atoms. The largest absolute Gasteiger partial charge is 0.494 e. The van der Waals surface area contributed by atoms with Crippen molar-refractivity contribution >= 4 is 11.6 Å². The Labute approximate surface area is 191 Å². The van der Waals surface area contributed by atoms with Crippen LogP contribution in [-0.2, 0) is 4.79 Å². The van der Waals surface area contributed by atoms with Gasteiger partial charge in [-0.1, -0.05) is 44.4 Å². The number of para-hydroxylation sites is 1. The average molecular weight is 455 g/mol. The van der Waals surface area contributed by atoms with E-state index in [1.165, 1.54) is 9.58 Å². The molecule has 1 aromatic carbocycles. The number of nitrogens with zero attached hydrogens (tertiary/aromatic N) is 3. The van der Waals surface area contributed by atoms with Gasteiger partial charge in [0.25, 0.3) is 5.56 Å². The van der Waals surface area contributed by atoms with Crippen molar-refractivity contribution in [2.24, 2.45) is 5.10 Å². The Morgan fingerprint density at radius 1 is 1.18 bits per heavy atom. The van der Waals surface area contributed by atoms with Crippen LogP contribution in [0.5, 0.6) is 11.6 Å². The van der Waals surface area contributed by atoms with E-state index in [1.807, 2.05) is 31.2 Å².